The molecule has 0 aromatic carbocycles. The number of nitrogens with one attached hydrogen (secondary N) is 1. The summed E-state index contributed by atoms with van der Waals surface area (Å²) in [6.07, 6.45) is 7.91. The highest BCUT2D eigenvalue weighted by Crippen LogP contribution is 2.28. The van der Waals surface area contributed by atoms with Crippen molar-refractivity contribution in [3.63, 3.8) is 0 Å². The Morgan fingerprint density at radius 2 is 1.80 bits per heavy atom. The van der Waals surface area contributed by atoms with Gasteiger partial charge in [0.15, 0.2) is 0 Å². The maximum Gasteiger partial charge on any atom is 0.127 e. The van der Waals surface area contributed by atoms with Crippen molar-refractivity contribution in [2.24, 2.45) is 0 Å². The van der Waals surface area contributed by atoms with Crippen molar-refractivity contribution in [1.29, 1.82) is 0 Å². The van der Waals surface area contributed by atoms with E-state index in [4.69, 9.17) is 4.98 Å². The van der Waals surface area contributed by atoms with Crippen molar-refractivity contribution in [2.75, 3.05) is 5.32 Å². The first-order valence-electron chi connectivity index (χ1n) is 6.83. The Morgan fingerprint density at radius 1 is 0.950 bits per heavy atom. The SMILES string of the molecule is c1cc(-c2ccnc3ccc(NC4CC4)nc23)ccn1. The first-order chi connectivity index (χ1) is 9.90. The highest BCUT2D eigenvalue weighted by atomic mass is 15.0. The van der Waals surface area contributed by atoms with Gasteiger partial charge in [-0.05, 0) is 48.7 Å². The van der Waals surface area contributed by atoms with E-state index in [1.807, 2.05) is 36.5 Å². The first kappa shape index (κ1) is 11.3. The summed E-state index contributed by atoms with van der Waals surface area (Å²) in [6.45, 7) is 0. The molecule has 1 fully saturated rings. The molecule has 0 radical (unpaired) electrons. The molecule has 4 heteroatoms. The molecule has 1 aliphatic carbocycles. The van der Waals surface area contributed by atoms with E-state index in [2.05, 4.69) is 15.3 Å². The Balaban J connectivity index is 1.86. The predicted octanol–water partition coefficient (Wildman–Crippen LogP) is 3.27. The lowest BCUT2D eigenvalue weighted by Gasteiger charge is -2.08. The van der Waals surface area contributed by atoms with E-state index in [0.29, 0.717) is 6.04 Å². The maximum absolute atomic E-state index is 4.74. The lowest BCUT2D eigenvalue weighted by atomic mass is 10.1. The van der Waals surface area contributed by atoms with Crippen molar-refractivity contribution in [2.45, 2.75) is 18.9 Å². The van der Waals surface area contributed by atoms with Crippen molar-refractivity contribution in [3.05, 3.63) is 48.9 Å². The summed E-state index contributed by atoms with van der Waals surface area (Å²) < 4.78 is 0. The second-order valence-electron chi connectivity index (χ2n) is 5.08. The van der Waals surface area contributed by atoms with Crippen LogP contribution in [0.1, 0.15) is 12.8 Å². The molecular weight excluding hydrogens is 248 g/mol. The summed E-state index contributed by atoms with van der Waals surface area (Å²) in [5.74, 6) is 0.934. The number of aromatic nitrogens is 3. The van der Waals surface area contributed by atoms with Crippen molar-refractivity contribution < 1.29 is 0 Å². The molecular formula is C16H14N4. The van der Waals surface area contributed by atoms with Gasteiger partial charge >= 0.3 is 0 Å². The summed E-state index contributed by atoms with van der Waals surface area (Å²) in [4.78, 5) is 13.2. The minimum atomic E-state index is 0.598. The molecule has 3 aromatic rings. The van der Waals surface area contributed by atoms with Gasteiger partial charge in [-0.1, -0.05) is 0 Å². The van der Waals surface area contributed by atoms with Crippen LogP contribution < -0.4 is 5.32 Å². The standard InChI is InChI=1S/C16H14N4/c1-2-12(1)19-15-4-3-14-16(20-15)13(7-10-18-14)11-5-8-17-9-6-11/h3-10,12H,1-2H2,(H,19,20). The van der Waals surface area contributed by atoms with E-state index in [9.17, 15) is 0 Å². The molecule has 20 heavy (non-hydrogen) atoms. The highest BCUT2D eigenvalue weighted by molar-refractivity contribution is 5.91. The van der Waals surface area contributed by atoms with Crippen molar-refractivity contribution >= 4 is 16.9 Å². The van der Waals surface area contributed by atoms with E-state index in [-0.39, 0.29) is 0 Å². The second-order valence-corrected chi connectivity index (χ2v) is 5.08. The topological polar surface area (TPSA) is 50.7 Å². The van der Waals surface area contributed by atoms with Gasteiger partial charge in [-0.3, -0.25) is 9.97 Å². The largest absolute Gasteiger partial charge is 0.367 e. The summed E-state index contributed by atoms with van der Waals surface area (Å²) in [6, 6.07) is 10.6. The van der Waals surface area contributed by atoms with Gasteiger partial charge in [0.25, 0.3) is 0 Å². The fraction of sp³-hybridized carbons (Fsp3) is 0.188. The third-order valence-electron chi connectivity index (χ3n) is 3.50. The van der Waals surface area contributed by atoms with Crippen molar-refractivity contribution in [3.8, 4) is 11.1 Å². The van der Waals surface area contributed by atoms with Crippen molar-refractivity contribution in [1.82, 2.24) is 15.0 Å². The number of fused-ring (bicyclic) bond motifs is 1. The molecule has 0 amide bonds. The number of anilines is 1. The number of nitrogens with zero attached hydrogens (tertiary/aromatic N) is 3. The number of rotatable bonds is 3. The quantitative estimate of drug-likeness (QED) is 0.787. The van der Waals surface area contributed by atoms with Crippen LogP contribution in [-0.2, 0) is 0 Å². The Hall–Kier alpha value is -2.49. The van der Waals surface area contributed by atoms with Gasteiger partial charge < -0.3 is 5.32 Å². The minimum Gasteiger partial charge on any atom is -0.367 e. The minimum absolute atomic E-state index is 0.598. The van der Waals surface area contributed by atoms with Gasteiger partial charge in [-0.15, -0.1) is 0 Å². The monoisotopic (exact) mass is 262 g/mol. The molecule has 4 rings (SSSR count). The van der Waals surface area contributed by atoms with Crippen LogP contribution in [-0.4, -0.2) is 21.0 Å². The van der Waals surface area contributed by atoms with Crippen LogP contribution in [0.4, 0.5) is 5.82 Å². The molecule has 1 saturated carbocycles. The molecule has 1 aliphatic rings. The van der Waals surface area contributed by atoms with Crippen LogP contribution in [0.2, 0.25) is 0 Å². The third kappa shape index (κ3) is 2.09. The Kier molecular flexibility index (Phi) is 2.59. The third-order valence-corrected chi connectivity index (χ3v) is 3.50. The summed E-state index contributed by atoms with van der Waals surface area (Å²) in [5, 5.41) is 3.44. The number of pyridine rings is 3. The lowest BCUT2D eigenvalue weighted by Crippen LogP contribution is -2.03. The smallest absolute Gasteiger partial charge is 0.127 e. The Labute approximate surface area is 116 Å². The van der Waals surface area contributed by atoms with Crippen LogP contribution in [0.15, 0.2) is 48.9 Å². The summed E-state index contributed by atoms with van der Waals surface area (Å²) >= 11 is 0. The van der Waals surface area contributed by atoms with Crippen LogP contribution in [0, 0.1) is 0 Å². The summed E-state index contributed by atoms with van der Waals surface area (Å²) in [7, 11) is 0. The van der Waals surface area contributed by atoms with Crippen LogP contribution in [0.25, 0.3) is 22.2 Å². The molecule has 1 N–H and O–H groups in total. The normalized spacial score (nSPS) is 14.4. The molecule has 0 aliphatic heterocycles. The molecule has 0 bridgehead atoms. The van der Waals surface area contributed by atoms with E-state index in [0.717, 1.165) is 28.0 Å². The van der Waals surface area contributed by atoms with Crippen LogP contribution >= 0.6 is 0 Å². The van der Waals surface area contributed by atoms with Crippen LogP contribution in [0.5, 0.6) is 0 Å². The zero-order valence-corrected chi connectivity index (χ0v) is 11.0. The van der Waals surface area contributed by atoms with E-state index in [1.165, 1.54) is 12.8 Å². The average molecular weight is 262 g/mol. The van der Waals surface area contributed by atoms with E-state index < -0.39 is 0 Å². The molecule has 0 spiro atoms. The fourth-order valence-corrected chi connectivity index (χ4v) is 2.31. The maximum atomic E-state index is 4.74. The number of hydrogen-bond acceptors (Lipinski definition) is 4. The molecule has 3 heterocycles. The lowest BCUT2D eigenvalue weighted by molar-refractivity contribution is 1.12. The average Bonchev–Trinajstić information content (AvgIpc) is 3.31. The first-order valence-corrected chi connectivity index (χ1v) is 6.83. The Morgan fingerprint density at radius 3 is 2.60 bits per heavy atom. The van der Waals surface area contributed by atoms with Gasteiger partial charge in [-0.25, -0.2) is 4.98 Å². The fourth-order valence-electron chi connectivity index (χ4n) is 2.31. The van der Waals surface area contributed by atoms with Gasteiger partial charge in [-0.2, -0.15) is 0 Å². The van der Waals surface area contributed by atoms with Gasteiger partial charge in [0.1, 0.15) is 5.82 Å². The Bertz CT molecular complexity index is 751. The highest BCUT2D eigenvalue weighted by Gasteiger charge is 2.21. The van der Waals surface area contributed by atoms with Gasteiger partial charge in [0.05, 0.1) is 11.0 Å². The molecule has 98 valence electrons. The zero-order valence-electron chi connectivity index (χ0n) is 11.0. The number of hydrogen-bond donors (Lipinski definition) is 1. The van der Waals surface area contributed by atoms with Gasteiger partial charge in [0.2, 0.25) is 0 Å². The van der Waals surface area contributed by atoms with E-state index in [1.54, 1.807) is 12.4 Å². The molecule has 0 atom stereocenters. The molecule has 4 nitrogen and oxygen atoms in total. The molecule has 3 aromatic heterocycles. The van der Waals surface area contributed by atoms with Crippen LogP contribution in [0.3, 0.4) is 0 Å². The zero-order chi connectivity index (χ0) is 13.4. The predicted molar refractivity (Wildman–Crippen MR) is 79.4 cm³/mol. The van der Waals surface area contributed by atoms with Gasteiger partial charge in [0, 0.05) is 30.2 Å². The second kappa shape index (κ2) is 4.56. The molecule has 0 unspecified atom stereocenters. The summed E-state index contributed by atoms with van der Waals surface area (Å²) in [5.41, 5.74) is 4.06. The van der Waals surface area contributed by atoms with E-state index >= 15 is 0 Å². The molecule has 0 saturated heterocycles.